The molecule has 1 heterocycles. The molecule has 1 aliphatic heterocycles. The first kappa shape index (κ1) is 16.2. The smallest absolute Gasteiger partial charge is 0.249 e. The van der Waals surface area contributed by atoms with Crippen LogP contribution in [0.5, 0.6) is 0 Å². The second kappa shape index (κ2) is 7.75. The van der Waals surface area contributed by atoms with Gasteiger partial charge in [0.15, 0.2) is 0 Å². The van der Waals surface area contributed by atoms with Gasteiger partial charge in [-0.05, 0) is 39.5 Å². The lowest BCUT2D eigenvalue weighted by Crippen LogP contribution is -2.49. The molecule has 2 aliphatic rings. The average Bonchev–Trinajstić information content (AvgIpc) is 3.25. The van der Waals surface area contributed by atoms with E-state index in [1.807, 2.05) is 6.92 Å². The van der Waals surface area contributed by atoms with Crippen LogP contribution in [0.3, 0.4) is 0 Å². The fourth-order valence-electron chi connectivity index (χ4n) is 2.58. The molecule has 0 spiro atoms. The minimum Gasteiger partial charge on any atom is -0.369 e. The molecule has 6 nitrogen and oxygen atoms in total. The summed E-state index contributed by atoms with van der Waals surface area (Å²) >= 11 is 0. The average molecular weight is 297 g/mol. The van der Waals surface area contributed by atoms with Gasteiger partial charge >= 0.3 is 0 Å². The van der Waals surface area contributed by atoms with Crippen LogP contribution in [-0.2, 0) is 14.3 Å². The molecule has 0 bridgehead atoms. The zero-order valence-corrected chi connectivity index (χ0v) is 13.1. The highest BCUT2D eigenvalue weighted by Gasteiger charge is 2.26. The Hall–Kier alpha value is -1.14. The van der Waals surface area contributed by atoms with Crippen LogP contribution in [0.1, 0.15) is 39.5 Å². The Morgan fingerprint density at radius 3 is 2.33 bits per heavy atom. The van der Waals surface area contributed by atoms with Crippen molar-refractivity contribution in [3.8, 4) is 0 Å². The van der Waals surface area contributed by atoms with Crippen molar-refractivity contribution in [2.75, 3.05) is 26.2 Å². The number of nitrogens with zero attached hydrogens (tertiary/aromatic N) is 1. The van der Waals surface area contributed by atoms with Crippen LogP contribution in [0.4, 0.5) is 0 Å². The van der Waals surface area contributed by atoms with Gasteiger partial charge in [0.2, 0.25) is 11.8 Å². The van der Waals surface area contributed by atoms with Gasteiger partial charge in [0.1, 0.15) is 6.10 Å². The number of rotatable bonds is 7. The van der Waals surface area contributed by atoms with Gasteiger partial charge in [0, 0.05) is 31.8 Å². The van der Waals surface area contributed by atoms with Crippen LogP contribution in [0.15, 0.2) is 0 Å². The third kappa shape index (κ3) is 5.63. The Bertz CT molecular complexity index is 363. The van der Waals surface area contributed by atoms with Crippen molar-refractivity contribution < 1.29 is 14.3 Å². The summed E-state index contributed by atoms with van der Waals surface area (Å²) in [4.78, 5) is 25.8. The number of nitrogens with one attached hydrogen (secondary N) is 2. The molecule has 2 rings (SSSR count). The molecular weight excluding hydrogens is 270 g/mol. The number of ether oxygens (including phenoxy) is 1. The molecule has 1 saturated carbocycles. The highest BCUT2D eigenvalue weighted by Crippen LogP contribution is 2.18. The summed E-state index contributed by atoms with van der Waals surface area (Å²) in [6.45, 7) is 6.39. The van der Waals surface area contributed by atoms with Gasteiger partial charge in [-0.2, -0.15) is 0 Å². The van der Waals surface area contributed by atoms with Gasteiger partial charge in [-0.1, -0.05) is 0 Å². The molecule has 2 N–H and O–H groups in total. The highest BCUT2D eigenvalue weighted by molar-refractivity contribution is 5.80. The van der Waals surface area contributed by atoms with Crippen molar-refractivity contribution in [1.29, 1.82) is 0 Å². The van der Waals surface area contributed by atoms with Gasteiger partial charge in [-0.25, -0.2) is 0 Å². The largest absolute Gasteiger partial charge is 0.369 e. The Kier molecular flexibility index (Phi) is 5.99. The highest BCUT2D eigenvalue weighted by atomic mass is 16.5. The summed E-state index contributed by atoms with van der Waals surface area (Å²) in [6.07, 6.45) is 3.63. The van der Waals surface area contributed by atoms with E-state index in [9.17, 15) is 9.59 Å². The second-order valence-corrected chi connectivity index (χ2v) is 6.00. The molecule has 6 heteroatoms. The molecule has 1 aliphatic carbocycles. The standard InChI is InChI=1S/C15H27N3O3/c1-3-21-11(2)15(20)17-13-6-8-18(9-7-13)10-14(19)16-12-4-5-12/h11-13H,3-10H2,1-2H3,(H,16,19)(H,17,20). The van der Waals surface area contributed by atoms with Gasteiger partial charge < -0.3 is 15.4 Å². The third-order valence-corrected chi connectivity index (χ3v) is 4.03. The third-order valence-electron chi connectivity index (χ3n) is 4.03. The molecule has 1 atom stereocenters. The first-order chi connectivity index (χ1) is 10.1. The number of likely N-dealkylation sites (tertiary alicyclic amines) is 1. The fourth-order valence-corrected chi connectivity index (χ4v) is 2.58. The number of carbonyl (C=O) groups is 2. The summed E-state index contributed by atoms with van der Waals surface area (Å²) in [6, 6.07) is 0.623. The maximum absolute atomic E-state index is 11.9. The van der Waals surface area contributed by atoms with Crippen molar-refractivity contribution in [3.05, 3.63) is 0 Å². The van der Waals surface area contributed by atoms with E-state index in [1.54, 1.807) is 6.92 Å². The van der Waals surface area contributed by atoms with E-state index in [0.29, 0.717) is 19.2 Å². The van der Waals surface area contributed by atoms with Crippen molar-refractivity contribution >= 4 is 11.8 Å². The molecule has 0 aromatic carbocycles. The summed E-state index contributed by atoms with van der Waals surface area (Å²) in [5.74, 6) is 0.0896. The van der Waals surface area contributed by atoms with E-state index in [4.69, 9.17) is 4.74 Å². The van der Waals surface area contributed by atoms with E-state index in [1.165, 1.54) is 0 Å². The van der Waals surface area contributed by atoms with E-state index in [2.05, 4.69) is 15.5 Å². The zero-order valence-electron chi connectivity index (χ0n) is 13.1. The zero-order chi connectivity index (χ0) is 15.2. The Morgan fingerprint density at radius 1 is 1.14 bits per heavy atom. The van der Waals surface area contributed by atoms with Gasteiger partial charge in [0.25, 0.3) is 0 Å². The molecule has 2 fully saturated rings. The lowest BCUT2D eigenvalue weighted by Gasteiger charge is -2.32. The van der Waals surface area contributed by atoms with Crippen LogP contribution in [-0.4, -0.2) is 61.1 Å². The van der Waals surface area contributed by atoms with Gasteiger partial charge in [-0.3, -0.25) is 14.5 Å². The summed E-state index contributed by atoms with van der Waals surface area (Å²) < 4.78 is 5.29. The Labute approximate surface area is 126 Å². The van der Waals surface area contributed by atoms with Crippen LogP contribution >= 0.6 is 0 Å². The van der Waals surface area contributed by atoms with Crippen molar-refractivity contribution in [2.24, 2.45) is 0 Å². The second-order valence-electron chi connectivity index (χ2n) is 6.00. The number of amides is 2. The maximum Gasteiger partial charge on any atom is 0.249 e. The number of hydrogen-bond donors (Lipinski definition) is 2. The summed E-state index contributed by atoms with van der Waals surface area (Å²) in [5.41, 5.74) is 0. The van der Waals surface area contributed by atoms with E-state index in [0.717, 1.165) is 38.8 Å². The van der Waals surface area contributed by atoms with Crippen molar-refractivity contribution in [3.63, 3.8) is 0 Å². The summed E-state index contributed by atoms with van der Waals surface area (Å²) in [5, 5.41) is 6.04. The SMILES string of the molecule is CCOC(C)C(=O)NC1CCN(CC(=O)NC2CC2)CC1. The van der Waals surface area contributed by atoms with Gasteiger partial charge in [-0.15, -0.1) is 0 Å². The predicted octanol–water partition coefficient (Wildman–Crippen LogP) is 0.271. The van der Waals surface area contributed by atoms with Crippen LogP contribution in [0, 0.1) is 0 Å². The molecule has 2 amide bonds. The molecule has 120 valence electrons. The molecular formula is C15H27N3O3. The quantitative estimate of drug-likeness (QED) is 0.708. The molecule has 1 unspecified atom stereocenters. The number of hydrogen-bond acceptors (Lipinski definition) is 4. The minimum atomic E-state index is -0.391. The maximum atomic E-state index is 11.9. The lowest BCUT2D eigenvalue weighted by atomic mass is 10.0. The predicted molar refractivity (Wildman–Crippen MR) is 79.9 cm³/mol. The first-order valence-electron chi connectivity index (χ1n) is 8.02. The van der Waals surface area contributed by atoms with E-state index in [-0.39, 0.29) is 17.9 Å². The van der Waals surface area contributed by atoms with Crippen LogP contribution in [0.2, 0.25) is 0 Å². The molecule has 0 radical (unpaired) electrons. The number of carbonyl (C=O) groups excluding carboxylic acids is 2. The molecule has 21 heavy (non-hydrogen) atoms. The van der Waals surface area contributed by atoms with Crippen LogP contribution < -0.4 is 10.6 Å². The van der Waals surface area contributed by atoms with Crippen molar-refractivity contribution in [1.82, 2.24) is 15.5 Å². The van der Waals surface area contributed by atoms with Gasteiger partial charge in [0.05, 0.1) is 6.54 Å². The summed E-state index contributed by atoms with van der Waals surface area (Å²) in [7, 11) is 0. The molecule has 0 aromatic rings. The van der Waals surface area contributed by atoms with Crippen LogP contribution in [0.25, 0.3) is 0 Å². The molecule has 0 aromatic heterocycles. The Morgan fingerprint density at radius 2 is 1.76 bits per heavy atom. The first-order valence-corrected chi connectivity index (χ1v) is 8.02. The van der Waals surface area contributed by atoms with Crippen molar-refractivity contribution in [2.45, 2.75) is 57.7 Å². The normalized spacial score (nSPS) is 21.8. The minimum absolute atomic E-state index is 0.0400. The fraction of sp³-hybridized carbons (Fsp3) is 0.867. The monoisotopic (exact) mass is 297 g/mol. The Balaban J connectivity index is 1.63. The topological polar surface area (TPSA) is 70.7 Å². The number of piperidine rings is 1. The molecule has 1 saturated heterocycles. The van der Waals surface area contributed by atoms with E-state index >= 15 is 0 Å². The van der Waals surface area contributed by atoms with E-state index < -0.39 is 6.10 Å². The lowest BCUT2D eigenvalue weighted by molar-refractivity contribution is -0.132.